The van der Waals surface area contributed by atoms with E-state index in [1.54, 1.807) is 0 Å². The fourth-order valence-electron chi connectivity index (χ4n) is 1.81. The van der Waals surface area contributed by atoms with Crippen molar-refractivity contribution in [1.82, 2.24) is 5.32 Å². The van der Waals surface area contributed by atoms with Crippen molar-refractivity contribution in [3.8, 4) is 0 Å². The zero-order valence-corrected chi connectivity index (χ0v) is 12.6. The fraction of sp³-hybridized carbons (Fsp3) is 0.562. The number of carbonyl (C=O) groups excluding carboxylic acids is 1. The number of rotatable bonds is 10. The molecule has 0 heterocycles. The summed E-state index contributed by atoms with van der Waals surface area (Å²) in [6.07, 6.45) is 2.91. The van der Waals surface area contributed by atoms with Gasteiger partial charge in [0.2, 0.25) is 0 Å². The maximum atomic E-state index is 12.1. The lowest BCUT2D eigenvalue weighted by molar-refractivity contribution is 0.0942. The highest BCUT2D eigenvalue weighted by atomic mass is 16.5. The molecular weight excluding hydrogens is 252 g/mol. The van der Waals surface area contributed by atoms with Gasteiger partial charge in [-0.3, -0.25) is 4.79 Å². The zero-order valence-electron chi connectivity index (χ0n) is 12.6. The van der Waals surface area contributed by atoms with Gasteiger partial charge in [-0.15, -0.1) is 0 Å². The first-order valence-electron chi connectivity index (χ1n) is 7.48. The van der Waals surface area contributed by atoms with Gasteiger partial charge >= 0.3 is 0 Å². The molecule has 1 aromatic carbocycles. The van der Waals surface area contributed by atoms with Gasteiger partial charge in [0, 0.05) is 32.0 Å². The Morgan fingerprint density at radius 2 is 1.90 bits per heavy atom. The van der Waals surface area contributed by atoms with Gasteiger partial charge in [0.1, 0.15) is 0 Å². The normalized spacial score (nSPS) is 10.3. The van der Waals surface area contributed by atoms with Gasteiger partial charge in [0.25, 0.3) is 5.91 Å². The number of hydrogen-bond donors (Lipinski definition) is 2. The molecule has 2 N–H and O–H groups in total. The van der Waals surface area contributed by atoms with Crippen LogP contribution in [0.5, 0.6) is 0 Å². The van der Waals surface area contributed by atoms with E-state index in [1.165, 1.54) is 0 Å². The summed E-state index contributed by atoms with van der Waals surface area (Å²) < 4.78 is 5.38. The smallest absolute Gasteiger partial charge is 0.253 e. The number of ether oxygens (including phenoxy) is 1. The minimum Gasteiger partial charge on any atom is -0.384 e. The van der Waals surface area contributed by atoms with Crippen LogP contribution in [0.25, 0.3) is 0 Å². The summed E-state index contributed by atoms with van der Waals surface area (Å²) in [5.41, 5.74) is 1.60. The molecule has 4 nitrogen and oxygen atoms in total. The molecule has 112 valence electrons. The molecule has 0 radical (unpaired) electrons. The lowest BCUT2D eigenvalue weighted by Gasteiger charge is -2.11. The first-order chi connectivity index (χ1) is 9.79. The van der Waals surface area contributed by atoms with Crippen LogP contribution in [0.3, 0.4) is 0 Å². The van der Waals surface area contributed by atoms with Crippen LogP contribution in [0, 0.1) is 0 Å². The predicted octanol–water partition coefficient (Wildman–Crippen LogP) is 3.06. The molecule has 0 saturated heterocycles. The van der Waals surface area contributed by atoms with Crippen molar-refractivity contribution in [2.45, 2.75) is 33.1 Å². The van der Waals surface area contributed by atoms with Crippen LogP contribution >= 0.6 is 0 Å². The van der Waals surface area contributed by atoms with Crippen LogP contribution in [0.15, 0.2) is 24.3 Å². The van der Waals surface area contributed by atoms with E-state index >= 15 is 0 Å². The third-order valence-electron chi connectivity index (χ3n) is 2.84. The largest absolute Gasteiger partial charge is 0.384 e. The molecule has 1 rings (SSSR count). The standard InChI is InChI=1S/C16H26N2O2/c1-3-10-17-15-9-6-5-8-14(15)16(19)18-11-7-13-20-12-4-2/h5-6,8-9,17H,3-4,7,10-13H2,1-2H3,(H,18,19). The fourth-order valence-corrected chi connectivity index (χ4v) is 1.81. The molecule has 0 bridgehead atoms. The summed E-state index contributed by atoms with van der Waals surface area (Å²) in [6, 6.07) is 7.61. The van der Waals surface area contributed by atoms with Crippen LogP contribution in [-0.2, 0) is 4.74 Å². The molecule has 0 aromatic heterocycles. The molecule has 0 saturated carbocycles. The minimum absolute atomic E-state index is 0.0281. The Morgan fingerprint density at radius 3 is 2.65 bits per heavy atom. The van der Waals surface area contributed by atoms with Crippen molar-refractivity contribution in [2.75, 3.05) is 31.6 Å². The molecule has 1 amide bonds. The minimum atomic E-state index is -0.0281. The number of para-hydroxylation sites is 1. The van der Waals surface area contributed by atoms with Gasteiger partial charge in [-0.2, -0.15) is 0 Å². The first kappa shape index (κ1) is 16.5. The molecule has 0 aliphatic heterocycles. The van der Waals surface area contributed by atoms with E-state index in [2.05, 4.69) is 24.5 Å². The van der Waals surface area contributed by atoms with E-state index < -0.39 is 0 Å². The molecule has 0 aliphatic carbocycles. The van der Waals surface area contributed by atoms with E-state index in [0.717, 1.165) is 38.1 Å². The van der Waals surface area contributed by atoms with Crippen molar-refractivity contribution in [3.63, 3.8) is 0 Å². The Labute approximate surface area is 121 Å². The van der Waals surface area contributed by atoms with Crippen molar-refractivity contribution in [1.29, 1.82) is 0 Å². The molecule has 0 fully saturated rings. The second-order valence-corrected chi connectivity index (χ2v) is 4.69. The number of carbonyl (C=O) groups is 1. The highest BCUT2D eigenvalue weighted by Crippen LogP contribution is 2.14. The predicted molar refractivity (Wildman–Crippen MR) is 83.3 cm³/mol. The summed E-state index contributed by atoms with van der Waals surface area (Å²) in [5.74, 6) is -0.0281. The highest BCUT2D eigenvalue weighted by Gasteiger charge is 2.09. The maximum Gasteiger partial charge on any atom is 0.253 e. The molecule has 0 spiro atoms. The van der Waals surface area contributed by atoms with Crippen molar-refractivity contribution in [3.05, 3.63) is 29.8 Å². The van der Waals surface area contributed by atoms with E-state index in [-0.39, 0.29) is 5.91 Å². The quantitative estimate of drug-likeness (QED) is 0.647. The van der Waals surface area contributed by atoms with Crippen molar-refractivity contribution >= 4 is 11.6 Å². The topological polar surface area (TPSA) is 50.4 Å². The molecule has 0 unspecified atom stereocenters. The average Bonchev–Trinajstić information content (AvgIpc) is 2.48. The van der Waals surface area contributed by atoms with Crippen LogP contribution in [-0.4, -0.2) is 32.2 Å². The molecule has 20 heavy (non-hydrogen) atoms. The number of hydrogen-bond acceptors (Lipinski definition) is 3. The van der Waals surface area contributed by atoms with Crippen LogP contribution < -0.4 is 10.6 Å². The summed E-state index contributed by atoms with van der Waals surface area (Å²) in [6.45, 7) is 7.19. The SMILES string of the molecule is CCCNc1ccccc1C(=O)NCCCOCCC. The lowest BCUT2D eigenvalue weighted by Crippen LogP contribution is -2.26. The number of benzene rings is 1. The lowest BCUT2D eigenvalue weighted by atomic mass is 10.1. The van der Waals surface area contributed by atoms with Crippen molar-refractivity contribution in [2.24, 2.45) is 0 Å². The Balaban J connectivity index is 2.38. The second-order valence-electron chi connectivity index (χ2n) is 4.69. The van der Waals surface area contributed by atoms with E-state index in [4.69, 9.17) is 4.74 Å². The van der Waals surface area contributed by atoms with Crippen LogP contribution in [0.4, 0.5) is 5.69 Å². The maximum absolute atomic E-state index is 12.1. The van der Waals surface area contributed by atoms with E-state index in [9.17, 15) is 4.79 Å². The summed E-state index contributed by atoms with van der Waals surface area (Å²) >= 11 is 0. The number of nitrogens with one attached hydrogen (secondary N) is 2. The molecular formula is C16H26N2O2. The molecule has 1 aromatic rings. The molecule has 0 aliphatic rings. The van der Waals surface area contributed by atoms with Crippen molar-refractivity contribution < 1.29 is 9.53 Å². The van der Waals surface area contributed by atoms with E-state index in [1.807, 2.05) is 24.3 Å². The third-order valence-corrected chi connectivity index (χ3v) is 2.84. The Kier molecular flexibility index (Phi) is 8.47. The third kappa shape index (κ3) is 6.06. The molecule has 0 atom stereocenters. The van der Waals surface area contributed by atoms with Crippen LogP contribution in [0.1, 0.15) is 43.5 Å². The average molecular weight is 278 g/mol. The van der Waals surface area contributed by atoms with Gasteiger partial charge in [-0.05, 0) is 31.4 Å². The molecule has 4 heteroatoms. The Morgan fingerprint density at radius 1 is 1.10 bits per heavy atom. The van der Waals surface area contributed by atoms with Gasteiger partial charge in [0.05, 0.1) is 5.56 Å². The van der Waals surface area contributed by atoms with Gasteiger partial charge in [0.15, 0.2) is 0 Å². The highest BCUT2D eigenvalue weighted by molar-refractivity contribution is 5.99. The van der Waals surface area contributed by atoms with E-state index in [0.29, 0.717) is 18.7 Å². The summed E-state index contributed by atoms with van der Waals surface area (Å²) in [7, 11) is 0. The zero-order chi connectivity index (χ0) is 14.6. The summed E-state index contributed by atoms with van der Waals surface area (Å²) in [5, 5.41) is 6.21. The van der Waals surface area contributed by atoms with Gasteiger partial charge in [-0.25, -0.2) is 0 Å². The van der Waals surface area contributed by atoms with Gasteiger partial charge in [-0.1, -0.05) is 26.0 Å². The number of amides is 1. The monoisotopic (exact) mass is 278 g/mol. The van der Waals surface area contributed by atoms with Crippen LogP contribution in [0.2, 0.25) is 0 Å². The second kappa shape index (κ2) is 10.3. The van der Waals surface area contributed by atoms with Gasteiger partial charge < -0.3 is 15.4 Å². The first-order valence-corrected chi connectivity index (χ1v) is 7.48. The Hall–Kier alpha value is -1.55. The Bertz CT molecular complexity index is 394. The summed E-state index contributed by atoms with van der Waals surface area (Å²) in [4.78, 5) is 12.1. The number of anilines is 1.